The highest BCUT2D eigenvalue weighted by molar-refractivity contribution is 9.10. The highest BCUT2D eigenvalue weighted by Gasteiger charge is 2.48. The van der Waals surface area contributed by atoms with Gasteiger partial charge in [-0.3, -0.25) is 0 Å². The summed E-state index contributed by atoms with van der Waals surface area (Å²) in [5.74, 6) is 0. The molecule has 0 atom stereocenters. The normalized spacial score (nSPS) is 12.7. The van der Waals surface area contributed by atoms with Gasteiger partial charge in [0, 0.05) is 28.0 Å². The standard InChI is InChI=1S/C15H25BrO3Si/c1-11(2)17-20(18-12(3)4,19-13(5)6)15-10-8-7-9-14(15)16/h7-13H,1-6H3. The Hall–Kier alpha value is -0.203. The smallest absolute Gasteiger partial charge is 0.367 e. The van der Waals surface area contributed by atoms with E-state index in [1.807, 2.05) is 65.8 Å². The molecule has 0 fully saturated rings. The van der Waals surface area contributed by atoms with Crippen molar-refractivity contribution < 1.29 is 13.3 Å². The molecule has 20 heavy (non-hydrogen) atoms. The topological polar surface area (TPSA) is 27.7 Å². The second-order valence-corrected chi connectivity index (χ2v) is 8.75. The largest absolute Gasteiger partial charge is 0.539 e. The van der Waals surface area contributed by atoms with Gasteiger partial charge >= 0.3 is 8.80 Å². The van der Waals surface area contributed by atoms with Gasteiger partial charge in [-0.25, -0.2) is 0 Å². The number of rotatable bonds is 7. The zero-order chi connectivity index (χ0) is 15.3. The Bertz CT molecular complexity index is 395. The fraction of sp³-hybridized carbons (Fsp3) is 0.600. The molecule has 5 heteroatoms. The third kappa shape index (κ3) is 4.97. The molecule has 0 amide bonds. The monoisotopic (exact) mass is 360 g/mol. The van der Waals surface area contributed by atoms with Gasteiger partial charge < -0.3 is 13.3 Å². The first-order valence-corrected chi connectivity index (χ1v) is 9.57. The summed E-state index contributed by atoms with van der Waals surface area (Å²) in [6, 6.07) is 7.98. The minimum Gasteiger partial charge on any atom is -0.367 e. The molecule has 0 bridgehead atoms. The minimum atomic E-state index is -2.95. The van der Waals surface area contributed by atoms with Crippen molar-refractivity contribution in [2.45, 2.75) is 59.9 Å². The molecule has 0 aromatic heterocycles. The van der Waals surface area contributed by atoms with Gasteiger partial charge in [-0.2, -0.15) is 0 Å². The van der Waals surface area contributed by atoms with Gasteiger partial charge in [0.15, 0.2) is 0 Å². The van der Waals surface area contributed by atoms with Crippen LogP contribution in [0, 0.1) is 0 Å². The summed E-state index contributed by atoms with van der Waals surface area (Å²) in [6.45, 7) is 12.0. The van der Waals surface area contributed by atoms with Gasteiger partial charge in [-0.1, -0.05) is 34.1 Å². The molecule has 0 spiro atoms. The molecule has 0 unspecified atom stereocenters. The Kier molecular flexibility index (Phi) is 6.88. The van der Waals surface area contributed by atoms with Crippen LogP contribution in [-0.4, -0.2) is 27.1 Å². The lowest BCUT2D eigenvalue weighted by Gasteiger charge is -2.35. The van der Waals surface area contributed by atoms with Crippen LogP contribution in [0.25, 0.3) is 0 Å². The molecule has 0 aliphatic carbocycles. The molecular weight excluding hydrogens is 336 g/mol. The summed E-state index contributed by atoms with van der Waals surface area (Å²) in [4.78, 5) is 0. The van der Waals surface area contributed by atoms with E-state index in [0.29, 0.717) is 0 Å². The molecule has 0 heterocycles. The summed E-state index contributed by atoms with van der Waals surface area (Å²) in [7, 11) is -2.95. The van der Waals surface area contributed by atoms with Crippen molar-refractivity contribution >= 4 is 29.9 Å². The molecule has 0 aliphatic rings. The lowest BCUT2D eigenvalue weighted by molar-refractivity contribution is 0.0152. The van der Waals surface area contributed by atoms with Crippen LogP contribution in [0.2, 0.25) is 0 Å². The SMILES string of the molecule is CC(C)O[Si](OC(C)C)(OC(C)C)c1ccccc1Br. The Morgan fingerprint density at radius 2 is 1.20 bits per heavy atom. The molecule has 1 rings (SSSR count). The fourth-order valence-electron chi connectivity index (χ4n) is 1.91. The van der Waals surface area contributed by atoms with Gasteiger partial charge in [-0.05, 0) is 47.6 Å². The van der Waals surface area contributed by atoms with Crippen molar-refractivity contribution in [2.75, 3.05) is 0 Å². The van der Waals surface area contributed by atoms with Crippen molar-refractivity contribution in [3.05, 3.63) is 28.7 Å². The Balaban J connectivity index is 3.30. The van der Waals surface area contributed by atoms with E-state index < -0.39 is 8.80 Å². The molecule has 1 aromatic carbocycles. The molecule has 0 saturated heterocycles. The van der Waals surface area contributed by atoms with Crippen LogP contribution in [0.1, 0.15) is 41.5 Å². The van der Waals surface area contributed by atoms with E-state index >= 15 is 0 Å². The van der Waals surface area contributed by atoms with E-state index in [-0.39, 0.29) is 18.3 Å². The van der Waals surface area contributed by atoms with E-state index in [4.69, 9.17) is 13.3 Å². The van der Waals surface area contributed by atoms with E-state index in [0.717, 1.165) is 9.66 Å². The van der Waals surface area contributed by atoms with E-state index in [1.54, 1.807) is 0 Å². The van der Waals surface area contributed by atoms with Crippen LogP contribution in [0.5, 0.6) is 0 Å². The van der Waals surface area contributed by atoms with Crippen molar-refractivity contribution in [3.8, 4) is 0 Å². The lowest BCUT2D eigenvalue weighted by atomic mass is 10.4. The number of benzene rings is 1. The summed E-state index contributed by atoms with van der Waals surface area (Å²) in [5, 5.41) is 0.983. The predicted octanol–water partition coefficient (Wildman–Crippen LogP) is 3.87. The lowest BCUT2D eigenvalue weighted by Crippen LogP contribution is -2.60. The van der Waals surface area contributed by atoms with E-state index in [9.17, 15) is 0 Å². The summed E-state index contributed by atoms with van der Waals surface area (Å²) in [5.41, 5.74) is 0. The minimum absolute atomic E-state index is 0.0336. The highest BCUT2D eigenvalue weighted by atomic mass is 79.9. The van der Waals surface area contributed by atoms with Crippen LogP contribution >= 0.6 is 15.9 Å². The van der Waals surface area contributed by atoms with E-state index in [1.165, 1.54) is 0 Å². The zero-order valence-corrected chi connectivity index (χ0v) is 15.7. The average Bonchev–Trinajstić information content (AvgIpc) is 2.26. The quantitative estimate of drug-likeness (QED) is 0.690. The van der Waals surface area contributed by atoms with Crippen LogP contribution in [0.3, 0.4) is 0 Å². The Labute approximate surface area is 132 Å². The molecule has 0 saturated carbocycles. The maximum atomic E-state index is 6.19. The maximum Gasteiger partial charge on any atom is 0.539 e. The summed E-state index contributed by atoms with van der Waals surface area (Å²) < 4.78 is 19.5. The van der Waals surface area contributed by atoms with Crippen molar-refractivity contribution in [1.82, 2.24) is 0 Å². The maximum absolute atomic E-state index is 6.19. The molecule has 3 nitrogen and oxygen atoms in total. The van der Waals surface area contributed by atoms with Gasteiger partial charge in [0.1, 0.15) is 0 Å². The fourth-order valence-corrected chi connectivity index (χ4v) is 6.01. The molecule has 1 aromatic rings. The third-order valence-electron chi connectivity index (χ3n) is 2.38. The van der Waals surface area contributed by atoms with Crippen molar-refractivity contribution in [1.29, 1.82) is 0 Å². The van der Waals surface area contributed by atoms with Gasteiger partial charge in [0.25, 0.3) is 0 Å². The predicted molar refractivity (Wildman–Crippen MR) is 88.2 cm³/mol. The van der Waals surface area contributed by atoms with Gasteiger partial charge in [0.2, 0.25) is 0 Å². The second-order valence-electron chi connectivity index (χ2n) is 5.54. The Morgan fingerprint density at radius 3 is 1.55 bits per heavy atom. The summed E-state index contributed by atoms with van der Waals surface area (Å²) >= 11 is 3.60. The van der Waals surface area contributed by atoms with Crippen molar-refractivity contribution in [2.24, 2.45) is 0 Å². The second kappa shape index (κ2) is 7.71. The highest BCUT2D eigenvalue weighted by Crippen LogP contribution is 2.21. The van der Waals surface area contributed by atoms with Crippen LogP contribution in [-0.2, 0) is 13.3 Å². The molecule has 0 radical (unpaired) electrons. The molecular formula is C15H25BrO3Si. The molecule has 0 N–H and O–H groups in total. The first kappa shape index (κ1) is 17.8. The third-order valence-corrected chi connectivity index (χ3v) is 6.87. The van der Waals surface area contributed by atoms with E-state index in [2.05, 4.69) is 15.9 Å². The average molecular weight is 361 g/mol. The number of halogens is 1. The first-order valence-electron chi connectivity index (χ1n) is 7.05. The zero-order valence-electron chi connectivity index (χ0n) is 13.1. The molecule has 0 aliphatic heterocycles. The first-order chi connectivity index (χ1) is 9.27. The number of hydrogen-bond donors (Lipinski definition) is 0. The number of hydrogen-bond acceptors (Lipinski definition) is 3. The Morgan fingerprint density at radius 1 is 0.800 bits per heavy atom. The van der Waals surface area contributed by atoms with Gasteiger partial charge in [-0.15, -0.1) is 0 Å². The van der Waals surface area contributed by atoms with Crippen LogP contribution < -0.4 is 5.19 Å². The van der Waals surface area contributed by atoms with Crippen LogP contribution in [0.15, 0.2) is 28.7 Å². The summed E-state index contributed by atoms with van der Waals surface area (Å²) in [6.07, 6.45) is 0.101. The van der Waals surface area contributed by atoms with Gasteiger partial charge in [0.05, 0.1) is 0 Å². The van der Waals surface area contributed by atoms with Crippen molar-refractivity contribution in [3.63, 3.8) is 0 Å². The molecule has 114 valence electrons. The van der Waals surface area contributed by atoms with Crippen LogP contribution in [0.4, 0.5) is 0 Å².